The van der Waals surface area contributed by atoms with Crippen LogP contribution in [0.3, 0.4) is 0 Å². The normalized spacial score (nSPS) is 10.4. The van der Waals surface area contributed by atoms with Crippen LogP contribution in [-0.4, -0.2) is 61.9 Å². The van der Waals surface area contributed by atoms with Gasteiger partial charge in [0.1, 0.15) is 6.61 Å². The number of nitrogens with zero attached hydrogens (tertiary/aromatic N) is 2. The minimum Gasteiger partial charge on any atom is -0.447 e. The van der Waals surface area contributed by atoms with Crippen molar-refractivity contribution in [3.8, 4) is 0 Å². The Labute approximate surface area is 170 Å². The van der Waals surface area contributed by atoms with Crippen molar-refractivity contribution in [2.45, 2.75) is 19.3 Å². The number of hydrazine groups is 1. The third-order valence-electron chi connectivity index (χ3n) is 4.07. The highest BCUT2D eigenvalue weighted by Crippen LogP contribution is 2.17. The number of hydrogen-bond donors (Lipinski definition) is 2. The number of anilines is 1. The second kappa shape index (κ2) is 13.5. The van der Waals surface area contributed by atoms with Crippen LogP contribution in [0.5, 0.6) is 0 Å². The van der Waals surface area contributed by atoms with Gasteiger partial charge in [0.2, 0.25) is 5.91 Å². The van der Waals surface area contributed by atoms with Crippen molar-refractivity contribution in [3.05, 3.63) is 29.8 Å². The lowest BCUT2D eigenvalue weighted by atomic mass is 10.1. The highest BCUT2D eigenvalue weighted by molar-refractivity contribution is 6.18. The fraction of sp³-hybridized carbons (Fsp3) is 0.556. The molecule has 0 aliphatic rings. The van der Waals surface area contributed by atoms with E-state index in [0.29, 0.717) is 24.7 Å². The number of ether oxygens (including phenoxy) is 1. The number of rotatable bonds is 12. The number of amides is 2. The van der Waals surface area contributed by atoms with Crippen LogP contribution < -0.4 is 16.2 Å². The number of nitrogens with one attached hydrogen (secondary N) is 1. The lowest BCUT2D eigenvalue weighted by Gasteiger charge is -2.23. The van der Waals surface area contributed by atoms with Gasteiger partial charge in [-0.15, -0.1) is 23.2 Å². The van der Waals surface area contributed by atoms with E-state index in [1.807, 2.05) is 5.43 Å². The molecule has 0 unspecified atom stereocenters. The maximum absolute atomic E-state index is 12.1. The average molecular weight is 419 g/mol. The minimum atomic E-state index is -0.713. The Morgan fingerprint density at radius 2 is 1.74 bits per heavy atom. The molecule has 0 aromatic heterocycles. The lowest BCUT2D eigenvalue weighted by Crippen LogP contribution is -2.35. The molecule has 152 valence electrons. The molecule has 27 heavy (non-hydrogen) atoms. The van der Waals surface area contributed by atoms with Crippen molar-refractivity contribution in [1.82, 2.24) is 10.3 Å². The van der Waals surface area contributed by atoms with Crippen molar-refractivity contribution in [1.29, 1.82) is 0 Å². The predicted octanol–water partition coefficient (Wildman–Crippen LogP) is 2.35. The molecular formula is C18H28Cl2N4O3. The Morgan fingerprint density at radius 1 is 1.11 bits per heavy atom. The molecule has 7 nitrogen and oxygen atoms in total. The van der Waals surface area contributed by atoms with Gasteiger partial charge < -0.3 is 14.5 Å². The molecule has 0 bridgehead atoms. The minimum absolute atomic E-state index is 0.0128. The zero-order valence-electron chi connectivity index (χ0n) is 15.6. The average Bonchev–Trinajstić information content (AvgIpc) is 2.68. The van der Waals surface area contributed by atoms with Gasteiger partial charge >= 0.3 is 6.09 Å². The molecule has 2 amide bonds. The first-order chi connectivity index (χ1) is 13.0. The highest BCUT2D eigenvalue weighted by Gasteiger charge is 2.10. The molecule has 0 heterocycles. The Kier molecular flexibility index (Phi) is 11.6. The van der Waals surface area contributed by atoms with Gasteiger partial charge in [0.15, 0.2) is 0 Å². The van der Waals surface area contributed by atoms with Crippen LogP contribution in [0, 0.1) is 0 Å². The second-order valence-corrected chi connectivity index (χ2v) is 6.74. The van der Waals surface area contributed by atoms with Gasteiger partial charge in [0.05, 0.1) is 6.54 Å². The quantitative estimate of drug-likeness (QED) is 0.235. The third kappa shape index (κ3) is 9.17. The molecule has 0 spiro atoms. The van der Waals surface area contributed by atoms with E-state index >= 15 is 0 Å². The molecular weight excluding hydrogens is 391 g/mol. The first-order valence-electron chi connectivity index (χ1n) is 8.85. The molecule has 0 saturated heterocycles. The van der Waals surface area contributed by atoms with Gasteiger partial charge in [0, 0.05) is 44.0 Å². The van der Waals surface area contributed by atoms with E-state index in [1.54, 1.807) is 11.9 Å². The molecule has 0 radical (unpaired) electrons. The molecule has 1 rings (SSSR count). The zero-order valence-corrected chi connectivity index (χ0v) is 17.1. The van der Waals surface area contributed by atoms with Crippen molar-refractivity contribution in [2.24, 2.45) is 5.84 Å². The van der Waals surface area contributed by atoms with Crippen LogP contribution in [0.4, 0.5) is 10.5 Å². The van der Waals surface area contributed by atoms with E-state index in [9.17, 15) is 9.59 Å². The van der Waals surface area contributed by atoms with E-state index in [1.165, 1.54) is 5.56 Å². The first kappa shape index (κ1) is 23.3. The summed E-state index contributed by atoms with van der Waals surface area (Å²) in [6.07, 6.45) is 1.29. The number of halogens is 2. The number of hydrogen-bond acceptors (Lipinski definition) is 5. The number of nitrogens with two attached hydrogens (primary N) is 1. The molecule has 0 atom stereocenters. The summed E-state index contributed by atoms with van der Waals surface area (Å²) in [6, 6.07) is 8.25. The van der Waals surface area contributed by atoms with Crippen molar-refractivity contribution >= 4 is 40.9 Å². The van der Waals surface area contributed by atoms with Crippen LogP contribution in [0.25, 0.3) is 0 Å². The molecule has 0 aliphatic carbocycles. The Balaban J connectivity index is 2.36. The Bertz CT molecular complexity index is 566. The summed E-state index contributed by atoms with van der Waals surface area (Å²) in [5.41, 5.74) is 4.13. The van der Waals surface area contributed by atoms with Crippen LogP contribution >= 0.6 is 23.2 Å². The smallest absolute Gasteiger partial charge is 0.421 e. The molecule has 3 N–H and O–H groups in total. The van der Waals surface area contributed by atoms with Gasteiger partial charge in [0.25, 0.3) is 0 Å². The van der Waals surface area contributed by atoms with Gasteiger partial charge in [-0.1, -0.05) is 12.1 Å². The summed E-state index contributed by atoms with van der Waals surface area (Å²) in [5.74, 6) is 6.02. The fourth-order valence-corrected chi connectivity index (χ4v) is 2.93. The number of carbonyl (C=O) groups excluding carboxylic acids is 2. The standard InChI is InChI=1S/C18H28Cl2N4O3/c1-23(13-14-27-18(26)22-21)17(25)4-2-3-15-5-7-16(8-6-15)24(11-9-19)12-10-20/h5-8H,2-4,9-14,21H2,1H3,(H,22,26). The predicted molar refractivity (Wildman–Crippen MR) is 109 cm³/mol. The fourth-order valence-electron chi connectivity index (χ4n) is 2.52. The van der Waals surface area contributed by atoms with Crippen LogP contribution in [0.1, 0.15) is 18.4 Å². The molecule has 0 saturated carbocycles. The molecule has 9 heteroatoms. The second-order valence-electron chi connectivity index (χ2n) is 5.98. The summed E-state index contributed by atoms with van der Waals surface area (Å²) in [7, 11) is 1.68. The van der Waals surface area contributed by atoms with Gasteiger partial charge in [-0.2, -0.15) is 0 Å². The lowest BCUT2D eigenvalue weighted by molar-refractivity contribution is -0.130. The maximum atomic E-state index is 12.1. The monoisotopic (exact) mass is 418 g/mol. The van der Waals surface area contributed by atoms with Gasteiger partial charge in [-0.3, -0.25) is 10.2 Å². The van der Waals surface area contributed by atoms with Crippen molar-refractivity contribution < 1.29 is 14.3 Å². The van der Waals surface area contributed by atoms with Crippen molar-refractivity contribution in [2.75, 3.05) is 49.9 Å². The van der Waals surface area contributed by atoms with E-state index in [4.69, 9.17) is 33.8 Å². The van der Waals surface area contributed by atoms with E-state index in [2.05, 4.69) is 29.2 Å². The highest BCUT2D eigenvalue weighted by atomic mass is 35.5. The van der Waals surface area contributed by atoms with Crippen LogP contribution in [-0.2, 0) is 16.0 Å². The summed E-state index contributed by atoms with van der Waals surface area (Å²) in [5, 5.41) is 0. The van der Waals surface area contributed by atoms with E-state index in [0.717, 1.165) is 31.6 Å². The topological polar surface area (TPSA) is 87.9 Å². The first-order valence-corrected chi connectivity index (χ1v) is 9.91. The zero-order chi connectivity index (χ0) is 20.1. The summed E-state index contributed by atoms with van der Waals surface area (Å²) in [6.45, 7) is 1.95. The Hall–Kier alpha value is -1.70. The number of likely N-dealkylation sites (N-methyl/N-ethyl adjacent to an activating group) is 1. The summed E-state index contributed by atoms with van der Waals surface area (Å²) in [4.78, 5) is 26.6. The van der Waals surface area contributed by atoms with Crippen LogP contribution in [0.15, 0.2) is 24.3 Å². The third-order valence-corrected chi connectivity index (χ3v) is 4.41. The molecule has 0 aliphatic heterocycles. The largest absolute Gasteiger partial charge is 0.447 e. The van der Waals surface area contributed by atoms with Gasteiger partial charge in [-0.25, -0.2) is 10.6 Å². The van der Waals surface area contributed by atoms with Gasteiger partial charge in [-0.05, 0) is 30.5 Å². The van der Waals surface area contributed by atoms with Crippen LogP contribution in [0.2, 0.25) is 0 Å². The maximum Gasteiger partial charge on any atom is 0.421 e. The van der Waals surface area contributed by atoms with Crippen molar-refractivity contribution in [3.63, 3.8) is 0 Å². The molecule has 0 fully saturated rings. The SMILES string of the molecule is CN(CCOC(=O)NN)C(=O)CCCc1ccc(N(CCCl)CCCl)cc1. The summed E-state index contributed by atoms with van der Waals surface area (Å²) >= 11 is 11.7. The Morgan fingerprint density at radius 3 is 2.30 bits per heavy atom. The summed E-state index contributed by atoms with van der Waals surface area (Å²) < 4.78 is 4.76. The number of alkyl halides is 2. The number of aryl methyl sites for hydroxylation is 1. The molecule has 1 aromatic carbocycles. The molecule has 1 aromatic rings. The number of benzene rings is 1. The number of carbonyl (C=O) groups is 2. The van der Waals surface area contributed by atoms with E-state index in [-0.39, 0.29) is 12.5 Å². The van der Waals surface area contributed by atoms with E-state index < -0.39 is 6.09 Å².